The van der Waals surface area contributed by atoms with E-state index in [1.54, 1.807) is 12.1 Å². The van der Waals surface area contributed by atoms with Crippen molar-refractivity contribution in [3.63, 3.8) is 0 Å². The predicted molar refractivity (Wildman–Crippen MR) is 133 cm³/mol. The molecule has 1 saturated heterocycles. The number of carbonyl (C=O) groups is 2. The van der Waals surface area contributed by atoms with E-state index in [9.17, 15) is 19.8 Å². The van der Waals surface area contributed by atoms with Crippen molar-refractivity contribution in [2.75, 3.05) is 19.7 Å². The Balaban J connectivity index is 1.52. The van der Waals surface area contributed by atoms with Crippen LogP contribution in [0.5, 0.6) is 0 Å². The lowest BCUT2D eigenvalue weighted by atomic mass is 9.43. The Morgan fingerprint density at radius 3 is 2.68 bits per heavy atom. The monoisotopic (exact) mass is 526 g/mol. The molecule has 3 atom stereocenters. The maximum absolute atomic E-state index is 13.7. The van der Waals surface area contributed by atoms with E-state index in [1.807, 2.05) is 24.3 Å². The minimum absolute atomic E-state index is 0.0775. The highest BCUT2D eigenvalue weighted by Crippen LogP contribution is 2.60. The van der Waals surface area contributed by atoms with Crippen molar-refractivity contribution in [2.45, 2.75) is 56.6 Å². The Hall–Kier alpha value is -2.06. The molecule has 2 fully saturated rings. The first-order chi connectivity index (χ1) is 16.5. The van der Waals surface area contributed by atoms with Gasteiger partial charge in [0.25, 0.3) is 5.91 Å². The second-order valence-corrected chi connectivity index (χ2v) is 10.8. The van der Waals surface area contributed by atoms with Crippen molar-refractivity contribution in [3.05, 3.63) is 68.7 Å². The average Bonchev–Trinajstić information content (AvgIpc) is 2.84. The zero-order valence-electron chi connectivity index (χ0n) is 19.2. The second kappa shape index (κ2) is 9.19. The first-order valence-electron chi connectivity index (χ1n) is 12.1. The first kappa shape index (κ1) is 23.7. The Kier molecular flexibility index (Phi) is 6.40. The SMILES string of the molecule is O=C(NCCc1ccc(Br)cc1)c1ccc(CO)c2c1C[C@H]1NCC[C@@]23C(=O)CCC[C@@]13CO. The van der Waals surface area contributed by atoms with E-state index in [0.29, 0.717) is 43.5 Å². The van der Waals surface area contributed by atoms with Crippen LogP contribution < -0.4 is 10.6 Å². The van der Waals surface area contributed by atoms with Gasteiger partial charge in [0, 0.05) is 34.5 Å². The van der Waals surface area contributed by atoms with Crippen LogP contribution in [0.3, 0.4) is 0 Å². The summed E-state index contributed by atoms with van der Waals surface area (Å²) in [5.41, 5.74) is 2.63. The van der Waals surface area contributed by atoms with Crippen molar-refractivity contribution in [1.29, 1.82) is 0 Å². The van der Waals surface area contributed by atoms with Gasteiger partial charge >= 0.3 is 0 Å². The summed E-state index contributed by atoms with van der Waals surface area (Å²) in [6.07, 6.45) is 3.87. The van der Waals surface area contributed by atoms with E-state index in [1.165, 1.54) is 0 Å². The van der Waals surface area contributed by atoms with E-state index >= 15 is 0 Å². The number of halogens is 1. The third kappa shape index (κ3) is 3.48. The maximum Gasteiger partial charge on any atom is 0.251 e. The van der Waals surface area contributed by atoms with Crippen LogP contribution in [-0.2, 0) is 29.7 Å². The number of carbonyl (C=O) groups excluding carboxylic acids is 2. The number of aliphatic hydroxyl groups is 2. The number of benzene rings is 2. The van der Waals surface area contributed by atoms with E-state index in [-0.39, 0.29) is 30.9 Å². The molecule has 4 N–H and O–H groups in total. The minimum atomic E-state index is -0.852. The summed E-state index contributed by atoms with van der Waals surface area (Å²) in [6, 6.07) is 11.5. The van der Waals surface area contributed by atoms with Gasteiger partial charge in [0.05, 0.1) is 18.6 Å². The fourth-order valence-corrected chi connectivity index (χ4v) is 7.18. The highest BCUT2D eigenvalue weighted by atomic mass is 79.9. The number of fused-ring (bicyclic) bond motifs is 1. The molecular formula is C27H31BrN2O4. The Labute approximate surface area is 208 Å². The van der Waals surface area contributed by atoms with Crippen molar-refractivity contribution in [3.8, 4) is 0 Å². The number of hydrogen-bond donors (Lipinski definition) is 4. The topological polar surface area (TPSA) is 98.7 Å². The third-order valence-electron chi connectivity index (χ3n) is 8.45. The maximum atomic E-state index is 13.7. The normalized spacial score (nSPS) is 27.6. The molecule has 5 rings (SSSR count). The number of Topliss-reactive ketones (excluding diaryl/α,β-unsaturated/α-hetero) is 1. The van der Waals surface area contributed by atoms with Crippen molar-refractivity contribution >= 4 is 27.6 Å². The Bertz CT molecular complexity index is 1120. The molecule has 2 aromatic rings. The van der Waals surface area contributed by atoms with E-state index in [0.717, 1.165) is 40.4 Å². The van der Waals surface area contributed by atoms with Gasteiger partial charge in [0.15, 0.2) is 0 Å². The first-order valence-corrected chi connectivity index (χ1v) is 12.9. The van der Waals surface area contributed by atoms with Crippen LogP contribution in [-0.4, -0.2) is 47.6 Å². The van der Waals surface area contributed by atoms with Gasteiger partial charge in [-0.3, -0.25) is 9.59 Å². The summed E-state index contributed by atoms with van der Waals surface area (Å²) >= 11 is 3.44. The number of piperidine rings is 1. The van der Waals surface area contributed by atoms with E-state index < -0.39 is 10.8 Å². The standard InChI is InChI=1S/C27H31BrN2O4/c28-19-6-3-17(4-7-19)9-12-30-25(34)20-8-5-18(15-31)24-21(20)14-22-26(16-32)10-1-2-23(33)27(24,26)11-13-29-22/h3-8,22,29,31-32H,1-2,9-16H2,(H,30,34)/t22-,26-,27-/m1/s1. The molecule has 180 valence electrons. The van der Waals surface area contributed by atoms with Gasteiger partial charge in [0.2, 0.25) is 0 Å². The lowest BCUT2D eigenvalue weighted by Gasteiger charge is -2.62. The third-order valence-corrected chi connectivity index (χ3v) is 8.98. The molecular weight excluding hydrogens is 496 g/mol. The molecule has 7 heteroatoms. The molecule has 2 bridgehead atoms. The van der Waals surface area contributed by atoms with Crippen LogP contribution in [0.2, 0.25) is 0 Å². The summed E-state index contributed by atoms with van der Waals surface area (Å²) in [5.74, 6) is -0.0187. The molecule has 1 aliphatic heterocycles. The fraction of sp³-hybridized carbons (Fsp3) is 0.481. The molecule has 0 unspecified atom stereocenters. The van der Waals surface area contributed by atoms with E-state index in [4.69, 9.17) is 0 Å². The second-order valence-electron chi connectivity index (χ2n) is 9.87. The van der Waals surface area contributed by atoms with Crippen LogP contribution in [0.4, 0.5) is 0 Å². The van der Waals surface area contributed by atoms with Gasteiger partial charge < -0.3 is 20.8 Å². The lowest BCUT2D eigenvalue weighted by molar-refractivity contribution is -0.145. The Morgan fingerprint density at radius 2 is 1.94 bits per heavy atom. The quantitative estimate of drug-likeness (QED) is 0.463. The van der Waals surface area contributed by atoms with Gasteiger partial charge in [-0.25, -0.2) is 0 Å². The molecule has 6 nitrogen and oxygen atoms in total. The van der Waals surface area contributed by atoms with Crippen LogP contribution in [0.1, 0.15) is 58.3 Å². The number of nitrogens with one attached hydrogen (secondary N) is 2. The van der Waals surface area contributed by atoms with Gasteiger partial charge in [-0.2, -0.15) is 0 Å². The molecule has 2 aromatic carbocycles. The van der Waals surface area contributed by atoms with Crippen molar-refractivity contribution in [2.24, 2.45) is 5.41 Å². The summed E-state index contributed by atoms with van der Waals surface area (Å²) in [5, 5.41) is 27.5. The zero-order chi connectivity index (χ0) is 23.9. The van der Waals surface area contributed by atoms with Gasteiger partial charge in [-0.15, -0.1) is 0 Å². The molecule has 2 aliphatic carbocycles. The summed E-state index contributed by atoms with van der Waals surface area (Å²) in [6.45, 7) is 0.919. The fourth-order valence-electron chi connectivity index (χ4n) is 6.92. The summed E-state index contributed by atoms with van der Waals surface area (Å²) in [7, 11) is 0. The lowest BCUT2D eigenvalue weighted by Crippen LogP contribution is -2.71. The number of amides is 1. The van der Waals surface area contributed by atoms with E-state index in [2.05, 4.69) is 26.6 Å². The molecule has 34 heavy (non-hydrogen) atoms. The van der Waals surface area contributed by atoms with Crippen LogP contribution >= 0.6 is 15.9 Å². The zero-order valence-corrected chi connectivity index (χ0v) is 20.8. The summed E-state index contributed by atoms with van der Waals surface area (Å²) < 4.78 is 1.02. The van der Waals surface area contributed by atoms with Gasteiger partial charge in [-0.05, 0) is 79.1 Å². The summed E-state index contributed by atoms with van der Waals surface area (Å²) in [4.78, 5) is 27.0. The molecule has 3 aliphatic rings. The predicted octanol–water partition coefficient (Wildman–Crippen LogP) is 2.80. The van der Waals surface area contributed by atoms with Crippen molar-refractivity contribution < 1.29 is 19.8 Å². The highest BCUT2D eigenvalue weighted by Gasteiger charge is 2.66. The van der Waals surface area contributed by atoms with Crippen LogP contribution in [0, 0.1) is 5.41 Å². The molecule has 0 radical (unpaired) electrons. The number of ketones is 1. The van der Waals surface area contributed by atoms with Crippen molar-refractivity contribution in [1.82, 2.24) is 10.6 Å². The van der Waals surface area contributed by atoms with Gasteiger partial charge in [-0.1, -0.05) is 34.1 Å². The van der Waals surface area contributed by atoms with Crippen LogP contribution in [0.25, 0.3) is 0 Å². The molecule has 0 spiro atoms. The highest BCUT2D eigenvalue weighted by molar-refractivity contribution is 9.10. The number of hydrogen-bond acceptors (Lipinski definition) is 5. The molecule has 1 saturated carbocycles. The smallest absolute Gasteiger partial charge is 0.251 e. The minimum Gasteiger partial charge on any atom is -0.396 e. The molecule has 1 amide bonds. The number of rotatable bonds is 6. The number of aliphatic hydroxyl groups excluding tert-OH is 2. The Morgan fingerprint density at radius 1 is 1.15 bits per heavy atom. The van der Waals surface area contributed by atoms with Gasteiger partial charge in [0.1, 0.15) is 5.78 Å². The largest absolute Gasteiger partial charge is 0.396 e. The van der Waals surface area contributed by atoms with Crippen LogP contribution in [0.15, 0.2) is 40.9 Å². The average molecular weight is 527 g/mol. The molecule has 0 aromatic heterocycles. The molecule has 1 heterocycles.